The first kappa shape index (κ1) is 15.8. The van der Waals surface area contributed by atoms with E-state index < -0.39 is 0 Å². The Kier molecular flexibility index (Phi) is 5.55. The highest BCUT2D eigenvalue weighted by Crippen LogP contribution is 2.22. The molecular weight excluding hydrogens is 270 g/mol. The Morgan fingerprint density at radius 2 is 1.95 bits per heavy atom. The number of Topliss-reactive ketones (excluding diaryl/α,β-unsaturated/α-hetero) is 1. The summed E-state index contributed by atoms with van der Waals surface area (Å²) in [6.07, 6.45) is 0. The number of nitrogen functional groups attached to an aromatic ring is 1. The summed E-state index contributed by atoms with van der Waals surface area (Å²) < 4.78 is 5.09. The standard InChI is InChI=1S/C15H23N3O3/c1-21-15-3-2-12(10-13(15)16)14(20)11-18-6-4-17(5-7-18)8-9-19/h2-3,10,19H,4-9,11,16H2,1H3. The number of aliphatic hydroxyl groups is 1. The number of carbonyl (C=O) groups is 1. The average Bonchev–Trinajstić information content (AvgIpc) is 2.49. The fourth-order valence-corrected chi connectivity index (χ4v) is 2.51. The van der Waals surface area contributed by atoms with Crippen LogP contribution in [0.3, 0.4) is 0 Å². The second-order valence-corrected chi connectivity index (χ2v) is 5.22. The van der Waals surface area contributed by atoms with Crippen molar-refractivity contribution in [2.24, 2.45) is 0 Å². The van der Waals surface area contributed by atoms with Gasteiger partial charge in [0.1, 0.15) is 5.75 Å². The first-order valence-corrected chi connectivity index (χ1v) is 7.16. The van der Waals surface area contributed by atoms with Crippen LogP contribution in [0.5, 0.6) is 5.75 Å². The summed E-state index contributed by atoms with van der Waals surface area (Å²) in [5, 5.41) is 8.92. The first-order valence-electron chi connectivity index (χ1n) is 7.16. The zero-order valence-corrected chi connectivity index (χ0v) is 12.4. The number of nitrogens with zero attached hydrogens (tertiary/aromatic N) is 2. The molecule has 0 aromatic heterocycles. The van der Waals surface area contributed by atoms with Gasteiger partial charge in [-0.1, -0.05) is 0 Å². The molecule has 21 heavy (non-hydrogen) atoms. The van der Waals surface area contributed by atoms with E-state index in [0.717, 1.165) is 26.2 Å². The van der Waals surface area contributed by atoms with E-state index in [4.69, 9.17) is 15.6 Å². The van der Waals surface area contributed by atoms with E-state index in [1.54, 1.807) is 25.3 Å². The maximum atomic E-state index is 12.3. The zero-order chi connectivity index (χ0) is 15.2. The van der Waals surface area contributed by atoms with Gasteiger partial charge >= 0.3 is 0 Å². The summed E-state index contributed by atoms with van der Waals surface area (Å²) in [4.78, 5) is 16.6. The minimum absolute atomic E-state index is 0.0694. The summed E-state index contributed by atoms with van der Waals surface area (Å²) in [6.45, 7) is 4.76. The number of nitrogens with two attached hydrogens (primary N) is 1. The lowest BCUT2D eigenvalue weighted by molar-refractivity contribution is 0.0822. The molecule has 0 atom stereocenters. The number of piperazine rings is 1. The topological polar surface area (TPSA) is 79.0 Å². The maximum Gasteiger partial charge on any atom is 0.176 e. The van der Waals surface area contributed by atoms with Gasteiger partial charge in [-0.15, -0.1) is 0 Å². The predicted octanol–water partition coefficient (Wildman–Crippen LogP) is 0.0700. The van der Waals surface area contributed by atoms with Crippen molar-refractivity contribution in [3.63, 3.8) is 0 Å². The van der Waals surface area contributed by atoms with Gasteiger partial charge in [-0.05, 0) is 18.2 Å². The van der Waals surface area contributed by atoms with Crippen LogP contribution >= 0.6 is 0 Å². The van der Waals surface area contributed by atoms with Gasteiger partial charge in [-0.2, -0.15) is 0 Å². The Morgan fingerprint density at radius 3 is 2.52 bits per heavy atom. The molecule has 0 saturated carbocycles. The number of carbonyl (C=O) groups excluding carboxylic acids is 1. The van der Waals surface area contributed by atoms with Gasteiger partial charge in [0.2, 0.25) is 0 Å². The van der Waals surface area contributed by atoms with Gasteiger partial charge in [-0.25, -0.2) is 0 Å². The highest BCUT2D eigenvalue weighted by molar-refractivity contribution is 5.98. The number of rotatable bonds is 6. The third-order valence-electron chi connectivity index (χ3n) is 3.80. The zero-order valence-electron chi connectivity index (χ0n) is 12.4. The van der Waals surface area contributed by atoms with Gasteiger partial charge in [-0.3, -0.25) is 14.6 Å². The van der Waals surface area contributed by atoms with Crippen LogP contribution in [0.4, 0.5) is 5.69 Å². The molecule has 0 spiro atoms. The number of hydrogen-bond acceptors (Lipinski definition) is 6. The lowest BCUT2D eigenvalue weighted by Crippen LogP contribution is -2.48. The van der Waals surface area contributed by atoms with Crippen molar-refractivity contribution in [2.45, 2.75) is 0 Å². The van der Waals surface area contributed by atoms with Crippen LogP contribution in [0.15, 0.2) is 18.2 Å². The number of ether oxygens (including phenoxy) is 1. The smallest absolute Gasteiger partial charge is 0.176 e. The first-order chi connectivity index (χ1) is 10.1. The van der Waals surface area contributed by atoms with Gasteiger partial charge in [0.05, 0.1) is 25.9 Å². The number of aliphatic hydroxyl groups excluding tert-OH is 1. The molecule has 1 fully saturated rings. The molecule has 0 unspecified atom stereocenters. The molecular formula is C15H23N3O3. The fraction of sp³-hybridized carbons (Fsp3) is 0.533. The van der Waals surface area contributed by atoms with E-state index in [1.165, 1.54) is 0 Å². The average molecular weight is 293 g/mol. The van der Waals surface area contributed by atoms with E-state index in [1.807, 2.05) is 0 Å². The molecule has 0 bridgehead atoms. The molecule has 2 rings (SSSR count). The molecule has 0 aliphatic carbocycles. The lowest BCUT2D eigenvalue weighted by atomic mass is 10.1. The number of ketones is 1. The molecule has 1 aromatic rings. The largest absolute Gasteiger partial charge is 0.495 e. The van der Waals surface area contributed by atoms with E-state index in [0.29, 0.717) is 30.1 Å². The van der Waals surface area contributed by atoms with Crippen molar-refractivity contribution in [3.8, 4) is 5.75 Å². The van der Waals surface area contributed by atoms with Crippen molar-refractivity contribution in [1.29, 1.82) is 0 Å². The normalized spacial score (nSPS) is 16.9. The van der Waals surface area contributed by atoms with Crippen LogP contribution in [0.1, 0.15) is 10.4 Å². The predicted molar refractivity (Wildman–Crippen MR) is 81.7 cm³/mol. The molecule has 1 aromatic carbocycles. The van der Waals surface area contributed by atoms with Crippen molar-refractivity contribution in [3.05, 3.63) is 23.8 Å². The van der Waals surface area contributed by atoms with E-state index in [9.17, 15) is 4.79 Å². The van der Waals surface area contributed by atoms with Gasteiger partial charge in [0, 0.05) is 38.3 Å². The minimum atomic E-state index is 0.0694. The lowest BCUT2D eigenvalue weighted by Gasteiger charge is -2.33. The Bertz CT molecular complexity index is 485. The van der Waals surface area contributed by atoms with Crippen LogP contribution < -0.4 is 10.5 Å². The van der Waals surface area contributed by atoms with Crippen LogP contribution in [-0.4, -0.2) is 73.7 Å². The van der Waals surface area contributed by atoms with Crippen LogP contribution in [-0.2, 0) is 0 Å². The summed E-state index contributed by atoms with van der Waals surface area (Å²) in [7, 11) is 1.55. The van der Waals surface area contributed by atoms with Gasteiger partial charge < -0.3 is 15.6 Å². The van der Waals surface area contributed by atoms with Crippen molar-refractivity contribution in [1.82, 2.24) is 9.80 Å². The Labute approximate surface area is 125 Å². The number of benzene rings is 1. The molecule has 3 N–H and O–H groups in total. The Balaban J connectivity index is 1.89. The van der Waals surface area contributed by atoms with E-state index >= 15 is 0 Å². The quantitative estimate of drug-likeness (QED) is 0.571. The second kappa shape index (κ2) is 7.40. The van der Waals surface area contributed by atoms with Gasteiger partial charge in [0.15, 0.2) is 5.78 Å². The molecule has 6 heteroatoms. The Hall–Kier alpha value is -1.63. The third-order valence-corrected chi connectivity index (χ3v) is 3.80. The highest BCUT2D eigenvalue weighted by Gasteiger charge is 2.19. The molecule has 1 saturated heterocycles. The van der Waals surface area contributed by atoms with E-state index in [-0.39, 0.29) is 12.4 Å². The van der Waals surface area contributed by atoms with Crippen LogP contribution in [0, 0.1) is 0 Å². The summed E-state index contributed by atoms with van der Waals surface area (Å²) >= 11 is 0. The summed E-state index contributed by atoms with van der Waals surface area (Å²) in [5.41, 5.74) is 6.93. The molecule has 6 nitrogen and oxygen atoms in total. The van der Waals surface area contributed by atoms with Crippen molar-refractivity contribution >= 4 is 11.5 Å². The van der Waals surface area contributed by atoms with Crippen molar-refractivity contribution in [2.75, 3.05) is 58.7 Å². The number of anilines is 1. The summed E-state index contributed by atoms with van der Waals surface area (Å²) in [5.74, 6) is 0.657. The monoisotopic (exact) mass is 293 g/mol. The molecule has 1 aliphatic rings. The molecule has 116 valence electrons. The second-order valence-electron chi connectivity index (χ2n) is 5.22. The summed E-state index contributed by atoms with van der Waals surface area (Å²) in [6, 6.07) is 5.14. The molecule has 0 amide bonds. The molecule has 1 aliphatic heterocycles. The van der Waals surface area contributed by atoms with Crippen LogP contribution in [0.25, 0.3) is 0 Å². The SMILES string of the molecule is COc1ccc(C(=O)CN2CCN(CCO)CC2)cc1N. The Morgan fingerprint density at radius 1 is 1.29 bits per heavy atom. The number of hydrogen-bond donors (Lipinski definition) is 2. The van der Waals surface area contributed by atoms with E-state index in [2.05, 4.69) is 9.80 Å². The van der Waals surface area contributed by atoms with Crippen LogP contribution in [0.2, 0.25) is 0 Å². The molecule has 0 radical (unpaired) electrons. The number of methoxy groups -OCH3 is 1. The number of β-amino-alcohol motifs (C(OH)–C–C–N with tert-alkyl or cyclic N) is 1. The minimum Gasteiger partial charge on any atom is -0.495 e. The van der Waals surface area contributed by atoms with Crippen molar-refractivity contribution < 1.29 is 14.6 Å². The fourth-order valence-electron chi connectivity index (χ4n) is 2.51. The maximum absolute atomic E-state index is 12.3. The third kappa shape index (κ3) is 4.17. The van der Waals surface area contributed by atoms with Gasteiger partial charge in [0.25, 0.3) is 0 Å². The highest BCUT2D eigenvalue weighted by atomic mass is 16.5. The molecule has 1 heterocycles.